The van der Waals surface area contributed by atoms with Gasteiger partial charge in [0.15, 0.2) is 0 Å². The molecule has 24 heavy (non-hydrogen) atoms. The van der Waals surface area contributed by atoms with Gasteiger partial charge in [0.25, 0.3) is 0 Å². The van der Waals surface area contributed by atoms with Crippen molar-refractivity contribution < 1.29 is 50.3 Å². The molecule has 0 aromatic rings. The van der Waals surface area contributed by atoms with Gasteiger partial charge >= 0.3 is 0 Å². The monoisotopic (exact) mass is 355 g/mol. The molecule has 1 saturated heterocycles. The lowest BCUT2D eigenvalue weighted by Crippen LogP contribution is -2.80. The molecule has 0 spiro atoms. The van der Waals surface area contributed by atoms with Crippen LogP contribution in [0.1, 0.15) is 0 Å². The van der Waals surface area contributed by atoms with Crippen LogP contribution in [0, 0.1) is 0 Å². The molecule has 2 fully saturated rings. The summed E-state index contributed by atoms with van der Waals surface area (Å²) in [6, 6.07) is -1.45. The molecule has 1 aliphatic carbocycles. The van der Waals surface area contributed by atoms with Gasteiger partial charge in [-0.05, 0) is 0 Å². The molecule has 1 heterocycles. The van der Waals surface area contributed by atoms with Crippen molar-refractivity contribution in [1.29, 1.82) is 0 Å². The number of hydrogen-bond acceptors (Lipinski definition) is 11. The van der Waals surface area contributed by atoms with Crippen molar-refractivity contribution in [3.05, 3.63) is 0 Å². The van der Waals surface area contributed by atoms with E-state index in [4.69, 9.17) is 15.2 Å². The summed E-state index contributed by atoms with van der Waals surface area (Å²) >= 11 is 0. The predicted molar refractivity (Wildman–Crippen MR) is 75.5 cm³/mol. The van der Waals surface area contributed by atoms with E-state index in [1.807, 2.05) is 0 Å². The van der Waals surface area contributed by atoms with Crippen molar-refractivity contribution >= 4 is 0 Å². The third-order valence-corrected chi connectivity index (χ3v) is 4.95. The van der Waals surface area contributed by atoms with Crippen LogP contribution in [0.25, 0.3) is 0 Å². The van der Waals surface area contributed by atoms with Crippen LogP contribution in [0.4, 0.5) is 0 Å². The van der Waals surface area contributed by atoms with Gasteiger partial charge in [0, 0.05) is 7.11 Å². The Balaban J connectivity index is 2.44. The van der Waals surface area contributed by atoms with Crippen LogP contribution < -0.4 is 5.73 Å². The average molecular weight is 355 g/mol. The quantitative estimate of drug-likeness (QED) is 0.233. The van der Waals surface area contributed by atoms with Gasteiger partial charge in [-0.15, -0.1) is 0 Å². The predicted octanol–water partition coefficient (Wildman–Crippen LogP) is -6.00. The molecular weight excluding hydrogens is 330 g/mol. The van der Waals surface area contributed by atoms with Crippen molar-refractivity contribution in [3.63, 3.8) is 0 Å². The lowest BCUT2D eigenvalue weighted by molar-refractivity contribution is -0.327. The van der Waals surface area contributed by atoms with Gasteiger partial charge in [-0.1, -0.05) is 0 Å². The second-order valence-corrected chi connectivity index (χ2v) is 6.30. The van der Waals surface area contributed by atoms with Crippen LogP contribution in [0.15, 0.2) is 0 Å². The summed E-state index contributed by atoms with van der Waals surface area (Å²) in [7, 11) is 1.08. The van der Waals surface area contributed by atoms with E-state index in [9.17, 15) is 40.9 Å². The molecule has 0 amide bonds. The Morgan fingerprint density at radius 2 is 1.54 bits per heavy atom. The summed E-state index contributed by atoms with van der Waals surface area (Å²) < 4.78 is 10.3. The van der Waals surface area contributed by atoms with E-state index in [0.717, 1.165) is 7.11 Å². The smallest absolute Gasteiger partial charge is 0.149 e. The maximum absolute atomic E-state index is 11.0. The lowest BCUT2D eigenvalue weighted by Gasteiger charge is -2.55. The molecule has 11 heteroatoms. The molecular formula is C13H25NO10. The normalized spacial score (nSPS) is 56.2. The first-order valence-corrected chi connectivity index (χ1v) is 7.48. The fourth-order valence-corrected chi connectivity index (χ4v) is 3.50. The highest BCUT2D eigenvalue weighted by atomic mass is 16.6. The molecule has 142 valence electrons. The summed E-state index contributed by atoms with van der Waals surface area (Å²) in [5.74, 6) is 0. The van der Waals surface area contributed by atoms with E-state index in [1.165, 1.54) is 0 Å². The van der Waals surface area contributed by atoms with Crippen LogP contribution in [0.3, 0.4) is 0 Å². The number of methoxy groups -OCH3 is 1. The Morgan fingerprint density at radius 1 is 0.958 bits per heavy atom. The number of nitrogens with two attached hydrogens (primary N) is 1. The number of aliphatic hydroxyl groups excluding tert-OH is 7. The zero-order valence-corrected chi connectivity index (χ0v) is 13.0. The Morgan fingerprint density at radius 3 is 2.04 bits per heavy atom. The van der Waals surface area contributed by atoms with Crippen molar-refractivity contribution in [3.8, 4) is 0 Å². The molecule has 1 saturated carbocycles. The molecule has 11 nitrogen and oxygen atoms in total. The Hall–Kier alpha value is -0.440. The van der Waals surface area contributed by atoms with Gasteiger partial charge in [-0.25, -0.2) is 0 Å². The Kier molecular flexibility index (Phi) is 5.84. The van der Waals surface area contributed by atoms with Crippen LogP contribution in [0.2, 0.25) is 0 Å². The minimum atomic E-state index is -2.54. The topological polar surface area (TPSA) is 206 Å². The van der Waals surface area contributed by atoms with Gasteiger partial charge in [0.2, 0.25) is 0 Å². The molecule has 0 aromatic heterocycles. The first-order chi connectivity index (χ1) is 11.1. The van der Waals surface area contributed by atoms with Gasteiger partial charge < -0.3 is 56.1 Å². The van der Waals surface area contributed by atoms with E-state index in [2.05, 4.69) is 0 Å². The van der Waals surface area contributed by atoms with Gasteiger partial charge in [0.05, 0.1) is 12.6 Å². The van der Waals surface area contributed by atoms with E-state index < -0.39 is 73.2 Å². The molecule has 11 atom stereocenters. The first kappa shape index (κ1) is 19.9. The van der Waals surface area contributed by atoms with Crippen LogP contribution in [0.5, 0.6) is 0 Å². The van der Waals surface area contributed by atoms with E-state index in [0.29, 0.717) is 0 Å². The summed E-state index contributed by atoms with van der Waals surface area (Å²) in [6.45, 7) is -0.723. The standard InChI is InChI=1S/C13H25NO10/c1-23-12-9(20)7(18)8(19)10(21)13(12,22)11-4(14)6(17)5(16)3(2-15)24-11/h3-12,15-22H,2,14H2,1H3/t3-,4-,5+,6-,7?,8?,9?,10?,11?,12?,13?/m1/s1. The molecule has 1 aliphatic heterocycles. The summed E-state index contributed by atoms with van der Waals surface area (Å²) in [5.41, 5.74) is 3.24. The third-order valence-electron chi connectivity index (χ3n) is 4.95. The molecule has 10 N–H and O–H groups in total. The highest BCUT2D eigenvalue weighted by Crippen LogP contribution is 2.39. The SMILES string of the molecule is COC1C(O)C(O)C(O)C(O)C1(O)C1O[C@H](CO)[C@H](O)[C@H](O)[C@H]1N. The van der Waals surface area contributed by atoms with Crippen molar-refractivity contribution in [1.82, 2.24) is 0 Å². The largest absolute Gasteiger partial charge is 0.394 e. The van der Waals surface area contributed by atoms with Gasteiger partial charge in [-0.3, -0.25) is 0 Å². The van der Waals surface area contributed by atoms with Crippen molar-refractivity contribution in [2.24, 2.45) is 5.73 Å². The Labute approximate surface area is 137 Å². The minimum Gasteiger partial charge on any atom is -0.394 e. The van der Waals surface area contributed by atoms with Crippen molar-refractivity contribution in [2.45, 2.75) is 66.6 Å². The fraction of sp³-hybridized carbons (Fsp3) is 1.00. The minimum absolute atomic E-state index is 0.723. The molecule has 0 aromatic carbocycles. The van der Waals surface area contributed by atoms with Gasteiger partial charge in [0.1, 0.15) is 60.5 Å². The maximum atomic E-state index is 11.0. The third kappa shape index (κ3) is 2.75. The highest BCUT2D eigenvalue weighted by molar-refractivity contribution is 5.16. The maximum Gasteiger partial charge on any atom is 0.149 e. The Bertz CT molecular complexity index is 439. The lowest BCUT2D eigenvalue weighted by atomic mass is 9.68. The molecule has 0 bridgehead atoms. The molecule has 2 aliphatic rings. The summed E-state index contributed by atoms with van der Waals surface area (Å²) in [5, 5.41) is 80.0. The molecule has 0 radical (unpaired) electrons. The van der Waals surface area contributed by atoms with Crippen molar-refractivity contribution in [2.75, 3.05) is 13.7 Å². The zero-order chi connectivity index (χ0) is 18.4. The van der Waals surface area contributed by atoms with Crippen LogP contribution in [-0.4, -0.2) is 121 Å². The second kappa shape index (κ2) is 7.05. The highest BCUT2D eigenvalue weighted by Gasteiger charge is 2.65. The van der Waals surface area contributed by atoms with Crippen LogP contribution >= 0.6 is 0 Å². The number of rotatable bonds is 3. The summed E-state index contributed by atoms with van der Waals surface area (Å²) in [6.07, 6.45) is -15.4. The zero-order valence-electron chi connectivity index (χ0n) is 13.0. The number of ether oxygens (including phenoxy) is 2. The van der Waals surface area contributed by atoms with Crippen LogP contribution in [-0.2, 0) is 9.47 Å². The van der Waals surface area contributed by atoms with E-state index in [1.54, 1.807) is 0 Å². The summed E-state index contributed by atoms with van der Waals surface area (Å²) in [4.78, 5) is 0. The fourth-order valence-electron chi connectivity index (χ4n) is 3.50. The number of aliphatic hydroxyl groups is 8. The molecule has 7 unspecified atom stereocenters. The molecule has 2 rings (SSSR count). The van der Waals surface area contributed by atoms with E-state index in [-0.39, 0.29) is 0 Å². The number of hydrogen-bond donors (Lipinski definition) is 9. The van der Waals surface area contributed by atoms with Gasteiger partial charge in [-0.2, -0.15) is 0 Å². The first-order valence-electron chi connectivity index (χ1n) is 7.48. The second-order valence-electron chi connectivity index (χ2n) is 6.30. The van der Waals surface area contributed by atoms with E-state index >= 15 is 0 Å². The average Bonchev–Trinajstić information content (AvgIpc) is 2.57.